The number of ether oxygens (including phenoxy) is 2. The van der Waals surface area contributed by atoms with E-state index in [2.05, 4.69) is 10.1 Å². The summed E-state index contributed by atoms with van der Waals surface area (Å²) in [6.07, 6.45) is 1.96. The summed E-state index contributed by atoms with van der Waals surface area (Å²) in [7, 11) is 1.40. The molecule has 0 atom stereocenters. The quantitative estimate of drug-likeness (QED) is 0.434. The van der Waals surface area contributed by atoms with Crippen LogP contribution in [0.1, 0.15) is 24.8 Å². The van der Waals surface area contributed by atoms with E-state index in [-0.39, 0.29) is 5.97 Å². The number of unbranched alkanes of at least 4 members (excludes halogenated alkanes) is 1. The fourth-order valence-corrected chi connectivity index (χ4v) is 2.19. The van der Waals surface area contributed by atoms with Crippen LogP contribution in [-0.2, 0) is 9.53 Å². The van der Waals surface area contributed by atoms with Gasteiger partial charge >= 0.3 is 5.97 Å². The number of carbonyl (C=O) groups is 1. The number of nitrogen functional groups attached to an aromatic ring is 1. The molecule has 0 unspecified atom stereocenters. The van der Waals surface area contributed by atoms with Gasteiger partial charge in [-0.25, -0.2) is 0 Å². The molecule has 2 aromatic rings. The molecule has 0 aromatic heterocycles. The number of methoxy groups -OCH3 is 1. The first-order chi connectivity index (χ1) is 11.6. The highest BCUT2D eigenvalue weighted by Gasteiger charge is 2.04. The lowest BCUT2D eigenvalue weighted by atomic mass is 10.2. The number of esters is 1. The molecule has 0 saturated heterocycles. The second kappa shape index (κ2) is 8.82. The first-order valence-electron chi connectivity index (χ1n) is 8.01. The van der Waals surface area contributed by atoms with Gasteiger partial charge in [0.15, 0.2) is 0 Å². The van der Waals surface area contributed by atoms with Crippen molar-refractivity contribution in [2.75, 3.05) is 24.8 Å². The SMILES string of the molecule is COC(=O)CCCCOc1ccc(N)c(Nc2ccc(C)cc2)c1. The van der Waals surface area contributed by atoms with Gasteiger partial charge in [0.2, 0.25) is 0 Å². The van der Waals surface area contributed by atoms with Gasteiger partial charge in [0.05, 0.1) is 25.1 Å². The summed E-state index contributed by atoms with van der Waals surface area (Å²) < 4.78 is 10.3. The highest BCUT2D eigenvalue weighted by molar-refractivity contribution is 5.74. The summed E-state index contributed by atoms with van der Waals surface area (Å²) in [5.41, 5.74) is 9.68. The van der Waals surface area contributed by atoms with Gasteiger partial charge < -0.3 is 20.5 Å². The van der Waals surface area contributed by atoms with Crippen molar-refractivity contribution < 1.29 is 14.3 Å². The van der Waals surface area contributed by atoms with E-state index in [0.29, 0.717) is 18.7 Å². The second-order valence-electron chi connectivity index (χ2n) is 5.62. The number of nitrogens with two attached hydrogens (primary N) is 1. The van der Waals surface area contributed by atoms with Crippen LogP contribution in [0.3, 0.4) is 0 Å². The molecule has 2 rings (SSSR count). The highest BCUT2D eigenvalue weighted by Crippen LogP contribution is 2.28. The molecule has 0 aliphatic heterocycles. The lowest BCUT2D eigenvalue weighted by molar-refractivity contribution is -0.140. The Labute approximate surface area is 142 Å². The Balaban J connectivity index is 1.88. The standard InChI is InChI=1S/C19H24N2O3/c1-14-6-8-15(9-7-14)21-18-13-16(10-11-17(18)20)24-12-4-3-5-19(22)23-2/h6-11,13,21H,3-5,12,20H2,1-2H3. The van der Waals surface area contributed by atoms with Gasteiger partial charge in [0.25, 0.3) is 0 Å². The van der Waals surface area contributed by atoms with E-state index in [1.165, 1.54) is 12.7 Å². The number of carbonyl (C=O) groups excluding carboxylic acids is 1. The zero-order valence-corrected chi connectivity index (χ0v) is 14.2. The third-order valence-corrected chi connectivity index (χ3v) is 3.63. The Hall–Kier alpha value is -2.69. The lowest BCUT2D eigenvalue weighted by Gasteiger charge is -2.12. The molecule has 0 amide bonds. The molecule has 24 heavy (non-hydrogen) atoms. The van der Waals surface area contributed by atoms with Gasteiger partial charge in [-0.1, -0.05) is 17.7 Å². The van der Waals surface area contributed by atoms with Crippen molar-refractivity contribution in [2.45, 2.75) is 26.2 Å². The number of hydrogen-bond acceptors (Lipinski definition) is 5. The normalized spacial score (nSPS) is 10.2. The van der Waals surface area contributed by atoms with Crippen LogP contribution in [0.15, 0.2) is 42.5 Å². The molecular weight excluding hydrogens is 304 g/mol. The molecule has 0 spiro atoms. The summed E-state index contributed by atoms with van der Waals surface area (Å²) in [6.45, 7) is 2.59. The molecule has 0 radical (unpaired) electrons. The smallest absolute Gasteiger partial charge is 0.305 e. The Morgan fingerprint density at radius 2 is 1.88 bits per heavy atom. The van der Waals surface area contributed by atoms with Crippen molar-refractivity contribution in [1.29, 1.82) is 0 Å². The van der Waals surface area contributed by atoms with Crippen molar-refractivity contribution in [3.05, 3.63) is 48.0 Å². The minimum Gasteiger partial charge on any atom is -0.494 e. The molecule has 3 N–H and O–H groups in total. The van der Waals surface area contributed by atoms with E-state index in [1.807, 2.05) is 49.4 Å². The first kappa shape index (κ1) is 17.7. The molecule has 0 aliphatic carbocycles. The number of anilines is 3. The van der Waals surface area contributed by atoms with Crippen LogP contribution in [0.25, 0.3) is 0 Å². The number of aryl methyl sites for hydroxylation is 1. The largest absolute Gasteiger partial charge is 0.494 e. The van der Waals surface area contributed by atoms with Crippen molar-refractivity contribution in [3.8, 4) is 5.75 Å². The van der Waals surface area contributed by atoms with Crippen LogP contribution >= 0.6 is 0 Å². The fraction of sp³-hybridized carbons (Fsp3) is 0.316. The maximum absolute atomic E-state index is 11.0. The molecule has 0 aliphatic rings. The van der Waals surface area contributed by atoms with Crippen LogP contribution in [0, 0.1) is 6.92 Å². The molecule has 5 nitrogen and oxygen atoms in total. The Bertz CT molecular complexity index is 669. The van der Waals surface area contributed by atoms with Crippen LogP contribution in [0.4, 0.5) is 17.1 Å². The topological polar surface area (TPSA) is 73.6 Å². The summed E-state index contributed by atoms with van der Waals surface area (Å²) in [5, 5.41) is 3.30. The van der Waals surface area contributed by atoms with Crippen molar-refractivity contribution in [3.63, 3.8) is 0 Å². The van der Waals surface area contributed by atoms with Gasteiger partial charge in [-0.3, -0.25) is 4.79 Å². The molecule has 128 valence electrons. The molecule has 0 saturated carbocycles. The Morgan fingerprint density at radius 1 is 1.12 bits per heavy atom. The van der Waals surface area contributed by atoms with Crippen LogP contribution < -0.4 is 15.8 Å². The minimum absolute atomic E-state index is 0.188. The fourth-order valence-electron chi connectivity index (χ4n) is 2.19. The van der Waals surface area contributed by atoms with Gasteiger partial charge in [0, 0.05) is 18.2 Å². The average molecular weight is 328 g/mol. The molecular formula is C19H24N2O3. The molecule has 0 heterocycles. The molecule has 2 aromatic carbocycles. The van der Waals surface area contributed by atoms with Crippen molar-refractivity contribution >= 4 is 23.0 Å². The Kier molecular flexibility index (Phi) is 6.49. The third kappa shape index (κ3) is 5.50. The highest BCUT2D eigenvalue weighted by atomic mass is 16.5. The zero-order chi connectivity index (χ0) is 17.4. The third-order valence-electron chi connectivity index (χ3n) is 3.63. The van der Waals surface area contributed by atoms with E-state index in [4.69, 9.17) is 10.5 Å². The van der Waals surface area contributed by atoms with Gasteiger partial charge in [-0.05, 0) is 44.0 Å². The second-order valence-corrected chi connectivity index (χ2v) is 5.62. The number of rotatable bonds is 8. The van der Waals surface area contributed by atoms with Gasteiger partial charge in [0.1, 0.15) is 5.75 Å². The zero-order valence-electron chi connectivity index (χ0n) is 14.2. The van der Waals surface area contributed by atoms with Gasteiger partial charge in [-0.2, -0.15) is 0 Å². The van der Waals surface area contributed by atoms with E-state index < -0.39 is 0 Å². The predicted molar refractivity (Wildman–Crippen MR) is 96.7 cm³/mol. The maximum atomic E-state index is 11.0. The maximum Gasteiger partial charge on any atom is 0.305 e. The summed E-state index contributed by atoms with van der Waals surface area (Å²) in [5.74, 6) is 0.559. The monoisotopic (exact) mass is 328 g/mol. The van der Waals surface area contributed by atoms with E-state index in [9.17, 15) is 4.79 Å². The number of hydrogen-bond donors (Lipinski definition) is 2. The molecule has 5 heteroatoms. The van der Waals surface area contributed by atoms with Crippen LogP contribution in [0.5, 0.6) is 5.75 Å². The van der Waals surface area contributed by atoms with E-state index in [1.54, 1.807) is 0 Å². The number of benzene rings is 2. The van der Waals surface area contributed by atoms with E-state index >= 15 is 0 Å². The summed E-state index contributed by atoms with van der Waals surface area (Å²) in [4.78, 5) is 11.0. The average Bonchev–Trinajstić information content (AvgIpc) is 2.59. The first-order valence-corrected chi connectivity index (χ1v) is 8.01. The lowest BCUT2D eigenvalue weighted by Crippen LogP contribution is -2.03. The minimum atomic E-state index is -0.188. The predicted octanol–water partition coefficient (Wildman–Crippen LogP) is 4.04. The Morgan fingerprint density at radius 3 is 2.58 bits per heavy atom. The van der Waals surface area contributed by atoms with E-state index in [0.717, 1.165) is 30.0 Å². The summed E-state index contributed by atoms with van der Waals surface area (Å²) >= 11 is 0. The van der Waals surface area contributed by atoms with Crippen molar-refractivity contribution in [1.82, 2.24) is 0 Å². The van der Waals surface area contributed by atoms with Crippen molar-refractivity contribution in [2.24, 2.45) is 0 Å². The molecule has 0 fully saturated rings. The number of nitrogens with one attached hydrogen (secondary N) is 1. The van der Waals surface area contributed by atoms with Gasteiger partial charge in [-0.15, -0.1) is 0 Å². The van der Waals surface area contributed by atoms with Crippen LogP contribution in [-0.4, -0.2) is 19.7 Å². The molecule has 0 bridgehead atoms. The summed E-state index contributed by atoms with van der Waals surface area (Å²) in [6, 6.07) is 13.6. The van der Waals surface area contributed by atoms with Crippen LogP contribution in [0.2, 0.25) is 0 Å².